The van der Waals surface area contributed by atoms with Gasteiger partial charge in [-0.3, -0.25) is 19.8 Å². The average Bonchev–Trinajstić information content (AvgIpc) is 3.03. The Kier molecular flexibility index (Phi) is 4.92. The lowest BCUT2D eigenvalue weighted by molar-refractivity contribution is -0.383. The van der Waals surface area contributed by atoms with E-state index in [1.807, 2.05) is 0 Å². The molecule has 126 valence electrons. The van der Waals surface area contributed by atoms with Crippen LogP contribution in [-0.4, -0.2) is 28.8 Å². The van der Waals surface area contributed by atoms with Crippen molar-refractivity contribution in [3.63, 3.8) is 0 Å². The fourth-order valence-electron chi connectivity index (χ4n) is 3.23. The quantitative estimate of drug-likeness (QED) is 0.663. The monoisotopic (exact) mass is 345 g/mol. The third kappa shape index (κ3) is 3.32. The molecule has 0 radical (unpaired) electrons. The van der Waals surface area contributed by atoms with E-state index in [1.165, 1.54) is 16.5 Å². The Hall–Kier alpha value is -2.25. The molecule has 1 atom stereocenters. The topological polar surface area (TPSA) is 75.5 Å². The van der Waals surface area contributed by atoms with E-state index in [2.05, 4.69) is 28.6 Å². The van der Waals surface area contributed by atoms with Crippen molar-refractivity contribution in [2.24, 2.45) is 0 Å². The summed E-state index contributed by atoms with van der Waals surface area (Å²) in [5.74, 6) is -0.221. The number of rotatable bonds is 5. The summed E-state index contributed by atoms with van der Waals surface area (Å²) in [4.78, 5) is 26.5. The maximum absolute atomic E-state index is 12.4. The third-order valence-corrected chi connectivity index (χ3v) is 5.31. The van der Waals surface area contributed by atoms with Gasteiger partial charge < -0.3 is 5.32 Å². The molecule has 1 N–H and O–H groups in total. The van der Waals surface area contributed by atoms with E-state index in [9.17, 15) is 14.9 Å². The largest absolute Gasteiger partial charge is 0.319 e. The van der Waals surface area contributed by atoms with Crippen LogP contribution in [0.5, 0.6) is 0 Å². The fraction of sp³-hybridized carbons (Fsp3) is 0.353. The highest BCUT2D eigenvalue weighted by Gasteiger charge is 2.28. The molecule has 0 aliphatic carbocycles. The van der Waals surface area contributed by atoms with Crippen LogP contribution in [0.2, 0.25) is 0 Å². The molecular formula is C17H19N3O3S. The number of hydrogen-bond acceptors (Lipinski definition) is 5. The number of anilines is 1. The highest BCUT2D eigenvalue weighted by atomic mass is 32.1. The van der Waals surface area contributed by atoms with E-state index in [4.69, 9.17) is 0 Å². The van der Waals surface area contributed by atoms with Crippen molar-refractivity contribution < 1.29 is 9.72 Å². The summed E-state index contributed by atoms with van der Waals surface area (Å²) in [5.41, 5.74) is 1.47. The maximum Gasteiger partial charge on any atom is 0.292 e. The third-order valence-electron chi connectivity index (χ3n) is 4.31. The zero-order chi connectivity index (χ0) is 17.1. The van der Waals surface area contributed by atoms with E-state index in [1.54, 1.807) is 29.5 Å². The minimum absolute atomic E-state index is 0.0864. The standard InChI is InChI=1S/C17H19N3O3S/c1-2-14-12-8-10-24-16(12)7-9-19(14)11-17(21)18-13-5-3-4-6-15(13)20(22)23/h3-6,8,10,14H,2,7,9,11H2,1H3,(H,18,21). The van der Waals surface area contributed by atoms with Gasteiger partial charge in [0, 0.05) is 23.5 Å². The summed E-state index contributed by atoms with van der Waals surface area (Å²) < 4.78 is 0. The molecular weight excluding hydrogens is 326 g/mol. The molecule has 0 spiro atoms. The van der Waals surface area contributed by atoms with Gasteiger partial charge in [0.05, 0.1) is 11.5 Å². The molecule has 2 aromatic rings. The Labute approximate surface area is 144 Å². The van der Waals surface area contributed by atoms with Crippen LogP contribution in [0.1, 0.15) is 29.8 Å². The lowest BCUT2D eigenvalue weighted by Gasteiger charge is -2.34. The van der Waals surface area contributed by atoms with Crippen molar-refractivity contribution in [2.45, 2.75) is 25.8 Å². The first-order chi connectivity index (χ1) is 11.6. The predicted octanol–water partition coefficient (Wildman–Crippen LogP) is 3.60. The number of amides is 1. The highest BCUT2D eigenvalue weighted by molar-refractivity contribution is 7.10. The van der Waals surface area contributed by atoms with Crippen molar-refractivity contribution in [1.29, 1.82) is 0 Å². The van der Waals surface area contributed by atoms with Crippen LogP contribution < -0.4 is 5.32 Å². The zero-order valence-corrected chi connectivity index (χ0v) is 14.2. The first-order valence-electron chi connectivity index (χ1n) is 7.93. The molecule has 7 heteroatoms. The maximum atomic E-state index is 12.4. The van der Waals surface area contributed by atoms with Gasteiger partial charge in [-0.05, 0) is 35.9 Å². The molecule has 24 heavy (non-hydrogen) atoms. The van der Waals surface area contributed by atoms with Crippen LogP contribution in [-0.2, 0) is 11.2 Å². The van der Waals surface area contributed by atoms with Crippen LogP contribution >= 0.6 is 11.3 Å². The van der Waals surface area contributed by atoms with Crippen LogP contribution in [0.25, 0.3) is 0 Å². The number of thiophene rings is 1. The van der Waals surface area contributed by atoms with Gasteiger partial charge in [0.1, 0.15) is 5.69 Å². The average molecular weight is 345 g/mol. The molecule has 1 unspecified atom stereocenters. The minimum Gasteiger partial charge on any atom is -0.319 e. The number of fused-ring (bicyclic) bond motifs is 1. The molecule has 2 heterocycles. The van der Waals surface area contributed by atoms with Gasteiger partial charge in [0.25, 0.3) is 5.69 Å². The number of carbonyl (C=O) groups is 1. The lowest BCUT2D eigenvalue weighted by atomic mass is 9.98. The van der Waals surface area contributed by atoms with E-state index >= 15 is 0 Å². The molecule has 3 rings (SSSR count). The van der Waals surface area contributed by atoms with Gasteiger partial charge in [0.15, 0.2) is 0 Å². The number of nitrogens with zero attached hydrogens (tertiary/aromatic N) is 2. The number of benzene rings is 1. The summed E-state index contributed by atoms with van der Waals surface area (Å²) in [6, 6.07) is 8.58. The molecule has 1 aromatic heterocycles. The van der Waals surface area contributed by atoms with Crippen molar-refractivity contribution in [3.8, 4) is 0 Å². The van der Waals surface area contributed by atoms with Crippen molar-refractivity contribution in [3.05, 3.63) is 56.3 Å². The van der Waals surface area contributed by atoms with Crippen molar-refractivity contribution in [1.82, 2.24) is 4.90 Å². The van der Waals surface area contributed by atoms with E-state index < -0.39 is 4.92 Å². The second-order valence-electron chi connectivity index (χ2n) is 5.77. The van der Waals surface area contributed by atoms with Crippen LogP contribution in [0, 0.1) is 10.1 Å². The van der Waals surface area contributed by atoms with Crippen LogP contribution in [0.3, 0.4) is 0 Å². The highest BCUT2D eigenvalue weighted by Crippen LogP contribution is 2.35. The smallest absolute Gasteiger partial charge is 0.292 e. The molecule has 1 amide bonds. The number of para-hydroxylation sites is 2. The molecule has 0 saturated carbocycles. The second-order valence-corrected chi connectivity index (χ2v) is 6.77. The van der Waals surface area contributed by atoms with Gasteiger partial charge >= 0.3 is 0 Å². The summed E-state index contributed by atoms with van der Waals surface area (Å²) in [6.45, 7) is 3.18. The Morgan fingerprint density at radius 3 is 2.96 bits per heavy atom. The van der Waals surface area contributed by atoms with E-state index in [0.29, 0.717) is 0 Å². The fourth-order valence-corrected chi connectivity index (χ4v) is 4.16. The molecule has 1 aromatic carbocycles. The Balaban J connectivity index is 1.71. The summed E-state index contributed by atoms with van der Waals surface area (Å²) in [7, 11) is 0. The van der Waals surface area contributed by atoms with Crippen molar-refractivity contribution >= 4 is 28.6 Å². The number of nitro groups is 1. The number of nitrogens with one attached hydrogen (secondary N) is 1. The first kappa shape index (κ1) is 16.6. The zero-order valence-electron chi connectivity index (χ0n) is 13.4. The Bertz CT molecular complexity index is 759. The van der Waals surface area contributed by atoms with Gasteiger partial charge in [-0.1, -0.05) is 19.1 Å². The number of nitro benzene ring substituents is 1. The second kappa shape index (κ2) is 7.11. The van der Waals surface area contributed by atoms with Crippen LogP contribution in [0.15, 0.2) is 35.7 Å². The molecule has 1 aliphatic rings. The summed E-state index contributed by atoms with van der Waals surface area (Å²) >= 11 is 1.77. The van der Waals surface area contributed by atoms with E-state index in [-0.39, 0.29) is 29.9 Å². The SMILES string of the molecule is CCC1c2ccsc2CCN1CC(=O)Nc1ccccc1[N+](=O)[O-]. The number of hydrogen-bond donors (Lipinski definition) is 1. The van der Waals surface area contributed by atoms with Gasteiger partial charge in [-0.25, -0.2) is 0 Å². The molecule has 6 nitrogen and oxygen atoms in total. The Morgan fingerprint density at radius 2 is 2.21 bits per heavy atom. The molecule has 0 saturated heterocycles. The first-order valence-corrected chi connectivity index (χ1v) is 8.81. The normalized spacial score (nSPS) is 17.3. The van der Waals surface area contributed by atoms with Gasteiger partial charge in [0.2, 0.25) is 5.91 Å². The number of carbonyl (C=O) groups excluding carboxylic acids is 1. The molecule has 0 fully saturated rings. The van der Waals surface area contributed by atoms with Crippen LogP contribution in [0.4, 0.5) is 11.4 Å². The lowest BCUT2D eigenvalue weighted by Crippen LogP contribution is -2.40. The predicted molar refractivity (Wildman–Crippen MR) is 94.4 cm³/mol. The van der Waals surface area contributed by atoms with Crippen molar-refractivity contribution in [2.75, 3.05) is 18.4 Å². The molecule has 1 aliphatic heterocycles. The van der Waals surface area contributed by atoms with E-state index in [0.717, 1.165) is 19.4 Å². The Morgan fingerprint density at radius 1 is 1.42 bits per heavy atom. The minimum atomic E-state index is -0.483. The summed E-state index contributed by atoms with van der Waals surface area (Å²) in [5, 5.41) is 15.8. The molecule has 0 bridgehead atoms. The van der Waals surface area contributed by atoms with Gasteiger partial charge in [-0.15, -0.1) is 11.3 Å². The summed E-state index contributed by atoms with van der Waals surface area (Å²) in [6.07, 6.45) is 1.88. The van der Waals surface area contributed by atoms with Gasteiger partial charge in [-0.2, -0.15) is 0 Å².